The second-order valence-corrected chi connectivity index (χ2v) is 8.73. The van der Waals surface area contributed by atoms with Gasteiger partial charge in [0.2, 0.25) is 5.91 Å². The molecule has 2 aromatic carbocycles. The molecule has 164 valence electrons. The van der Waals surface area contributed by atoms with Crippen LogP contribution < -0.4 is 5.32 Å². The predicted molar refractivity (Wildman–Crippen MR) is 128 cm³/mol. The number of rotatable bonds is 5. The van der Waals surface area contributed by atoms with E-state index in [2.05, 4.69) is 16.4 Å². The quantitative estimate of drug-likeness (QED) is 0.647. The molecule has 0 aliphatic carbocycles. The molecule has 6 nitrogen and oxygen atoms in total. The molecule has 2 aromatic rings. The molecule has 0 bridgehead atoms. The van der Waals surface area contributed by atoms with Crippen molar-refractivity contribution in [1.82, 2.24) is 4.90 Å². The molecule has 0 saturated carbocycles. The molecule has 1 atom stereocenters. The van der Waals surface area contributed by atoms with Crippen molar-refractivity contribution in [2.45, 2.75) is 33.2 Å². The fourth-order valence-electron chi connectivity index (χ4n) is 4.11. The number of hydrogen-bond donors (Lipinski definition) is 1. The maximum absolute atomic E-state index is 12.9. The van der Waals surface area contributed by atoms with E-state index >= 15 is 0 Å². The third kappa shape index (κ3) is 4.34. The van der Waals surface area contributed by atoms with Crippen LogP contribution in [0.4, 0.5) is 5.69 Å². The molecule has 32 heavy (non-hydrogen) atoms. The summed E-state index contributed by atoms with van der Waals surface area (Å²) in [6, 6.07) is 15.3. The van der Waals surface area contributed by atoms with Gasteiger partial charge in [0.25, 0.3) is 0 Å². The molecule has 1 amide bonds. The normalized spacial score (nSPS) is 17.5. The number of amides is 1. The van der Waals surface area contributed by atoms with Crippen LogP contribution in [-0.4, -0.2) is 29.1 Å². The minimum atomic E-state index is -0.421. The Labute approximate surface area is 192 Å². The summed E-state index contributed by atoms with van der Waals surface area (Å²) < 4.78 is 5.08. The van der Waals surface area contributed by atoms with Crippen molar-refractivity contribution in [3.8, 4) is 0 Å². The minimum absolute atomic E-state index is 0.124. The molecule has 0 fully saturated rings. The highest BCUT2D eigenvalue weighted by atomic mass is 32.2. The summed E-state index contributed by atoms with van der Waals surface area (Å²) in [5.41, 5.74) is 5.78. The lowest BCUT2D eigenvalue weighted by molar-refractivity contribution is -0.136. The highest BCUT2D eigenvalue weighted by Gasteiger charge is 2.40. The van der Waals surface area contributed by atoms with Crippen molar-refractivity contribution >= 4 is 34.5 Å². The monoisotopic (exact) mass is 447 g/mol. The van der Waals surface area contributed by atoms with Crippen molar-refractivity contribution in [3.63, 3.8) is 0 Å². The van der Waals surface area contributed by atoms with E-state index in [-0.39, 0.29) is 12.3 Å². The SMILES string of the molecule is COC(=O)C1=C(C)N=C2SC=C(CC(=O)Nc3cc(C)cc(C)c3)N2[C@@H]1c1ccccc1. The van der Waals surface area contributed by atoms with Crippen LogP contribution in [0.25, 0.3) is 0 Å². The topological polar surface area (TPSA) is 71.0 Å². The van der Waals surface area contributed by atoms with E-state index in [1.807, 2.05) is 73.5 Å². The standard InChI is InChI=1S/C25H25N3O3S/c1-15-10-16(2)12-19(11-15)27-21(29)13-20-14-32-25-26-17(3)22(24(30)31-4)23(28(20)25)18-8-6-5-7-9-18/h5-12,14,23H,13H2,1-4H3,(H,27,29)/t23-/m1/s1. The van der Waals surface area contributed by atoms with Gasteiger partial charge in [0, 0.05) is 11.4 Å². The smallest absolute Gasteiger partial charge is 0.338 e. The molecule has 1 N–H and O–H groups in total. The predicted octanol–water partition coefficient (Wildman–Crippen LogP) is 5.08. The van der Waals surface area contributed by atoms with Gasteiger partial charge in [0.15, 0.2) is 5.17 Å². The van der Waals surface area contributed by atoms with E-state index in [9.17, 15) is 9.59 Å². The molecular formula is C25H25N3O3S. The number of benzene rings is 2. The van der Waals surface area contributed by atoms with Crippen LogP contribution in [0.5, 0.6) is 0 Å². The summed E-state index contributed by atoms with van der Waals surface area (Å²) in [5.74, 6) is -0.545. The number of nitrogens with zero attached hydrogens (tertiary/aromatic N) is 2. The summed E-state index contributed by atoms with van der Waals surface area (Å²) in [7, 11) is 1.37. The first-order valence-corrected chi connectivity index (χ1v) is 11.2. The lowest BCUT2D eigenvalue weighted by Crippen LogP contribution is -2.37. The third-order valence-corrected chi connectivity index (χ3v) is 6.26. The molecule has 4 rings (SSSR count). The molecular weight excluding hydrogens is 422 g/mol. The number of hydrogen-bond acceptors (Lipinski definition) is 6. The number of anilines is 1. The largest absolute Gasteiger partial charge is 0.466 e. The number of thioether (sulfide) groups is 1. The molecule has 0 spiro atoms. The Balaban J connectivity index is 1.64. The molecule has 0 unspecified atom stereocenters. The van der Waals surface area contributed by atoms with E-state index in [1.54, 1.807) is 0 Å². The highest BCUT2D eigenvalue weighted by Crippen LogP contribution is 2.44. The zero-order valence-electron chi connectivity index (χ0n) is 18.5. The van der Waals surface area contributed by atoms with E-state index in [0.717, 1.165) is 33.2 Å². The van der Waals surface area contributed by atoms with Gasteiger partial charge in [-0.05, 0) is 55.0 Å². The van der Waals surface area contributed by atoms with E-state index < -0.39 is 12.0 Å². The van der Waals surface area contributed by atoms with Crippen LogP contribution in [0.15, 0.2) is 75.9 Å². The Morgan fingerprint density at radius 1 is 1.09 bits per heavy atom. The fraction of sp³-hybridized carbons (Fsp3) is 0.240. The maximum atomic E-state index is 12.9. The number of aliphatic imine (C=N–C) groups is 1. The molecule has 2 aliphatic heterocycles. The van der Waals surface area contributed by atoms with Gasteiger partial charge >= 0.3 is 5.97 Å². The van der Waals surface area contributed by atoms with Crippen LogP contribution in [0.2, 0.25) is 0 Å². The Morgan fingerprint density at radius 2 is 1.78 bits per heavy atom. The van der Waals surface area contributed by atoms with E-state index in [4.69, 9.17) is 4.74 Å². The Hall–Kier alpha value is -3.32. The van der Waals surface area contributed by atoms with Crippen LogP contribution in [0, 0.1) is 13.8 Å². The van der Waals surface area contributed by atoms with Gasteiger partial charge in [-0.15, -0.1) is 0 Å². The van der Waals surface area contributed by atoms with Gasteiger partial charge in [-0.3, -0.25) is 4.79 Å². The van der Waals surface area contributed by atoms with Crippen molar-refractivity contribution in [1.29, 1.82) is 0 Å². The van der Waals surface area contributed by atoms with Crippen molar-refractivity contribution in [2.24, 2.45) is 4.99 Å². The third-order valence-electron chi connectivity index (χ3n) is 5.37. The van der Waals surface area contributed by atoms with Crippen molar-refractivity contribution in [2.75, 3.05) is 12.4 Å². The van der Waals surface area contributed by atoms with Gasteiger partial charge in [-0.1, -0.05) is 48.2 Å². The lowest BCUT2D eigenvalue weighted by Gasteiger charge is -2.36. The zero-order valence-corrected chi connectivity index (χ0v) is 19.3. The number of carbonyl (C=O) groups is 2. The number of carbonyl (C=O) groups excluding carboxylic acids is 2. The highest BCUT2D eigenvalue weighted by molar-refractivity contribution is 8.16. The molecule has 0 saturated heterocycles. The summed E-state index contributed by atoms with van der Waals surface area (Å²) in [5, 5.41) is 5.68. The Bertz CT molecular complexity index is 1150. The summed E-state index contributed by atoms with van der Waals surface area (Å²) in [4.78, 5) is 32.2. The first-order chi connectivity index (χ1) is 15.4. The minimum Gasteiger partial charge on any atom is -0.466 e. The fourth-order valence-corrected chi connectivity index (χ4v) is 5.07. The lowest BCUT2D eigenvalue weighted by atomic mass is 9.94. The number of esters is 1. The average molecular weight is 448 g/mol. The van der Waals surface area contributed by atoms with Gasteiger partial charge in [-0.25, -0.2) is 9.79 Å². The van der Waals surface area contributed by atoms with Crippen LogP contribution in [-0.2, 0) is 14.3 Å². The van der Waals surface area contributed by atoms with Gasteiger partial charge in [0.05, 0.1) is 30.8 Å². The molecule has 0 aromatic heterocycles. The van der Waals surface area contributed by atoms with Crippen LogP contribution in [0.1, 0.15) is 36.1 Å². The Morgan fingerprint density at radius 3 is 2.44 bits per heavy atom. The number of allylic oxidation sites excluding steroid dienone is 1. The molecule has 2 aliphatic rings. The van der Waals surface area contributed by atoms with Crippen LogP contribution in [0.3, 0.4) is 0 Å². The summed E-state index contributed by atoms with van der Waals surface area (Å²) in [6.07, 6.45) is 0.163. The van der Waals surface area contributed by atoms with E-state index in [0.29, 0.717) is 11.3 Å². The average Bonchev–Trinajstić information content (AvgIpc) is 3.13. The molecule has 7 heteroatoms. The summed E-state index contributed by atoms with van der Waals surface area (Å²) in [6.45, 7) is 5.82. The van der Waals surface area contributed by atoms with Crippen molar-refractivity contribution < 1.29 is 14.3 Å². The molecule has 0 radical (unpaired) electrons. The summed E-state index contributed by atoms with van der Waals surface area (Å²) >= 11 is 1.46. The zero-order chi connectivity index (χ0) is 22.8. The number of aryl methyl sites for hydroxylation is 2. The maximum Gasteiger partial charge on any atom is 0.338 e. The second kappa shape index (κ2) is 9.04. The van der Waals surface area contributed by atoms with E-state index in [1.165, 1.54) is 18.9 Å². The number of methoxy groups -OCH3 is 1. The number of ether oxygens (including phenoxy) is 1. The van der Waals surface area contributed by atoms with Gasteiger partial charge in [-0.2, -0.15) is 0 Å². The molecule has 2 heterocycles. The first kappa shape index (κ1) is 21.9. The first-order valence-electron chi connectivity index (χ1n) is 10.3. The number of amidine groups is 1. The van der Waals surface area contributed by atoms with Crippen LogP contribution >= 0.6 is 11.8 Å². The van der Waals surface area contributed by atoms with Gasteiger partial charge in [0.1, 0.15) is 0 Å². The Kier molecular flexibility index (Phi) is 6.19. The van der Waals surface area contributed by atoms with Crippen molar-refractivity contribution in [3.05, 3.63) is 87.6 Å². The number of nitrogens with one attached hydrogen (secondary N) is 1. The second-order valence-electron chi connectivity index (χ2n) is 7.90. The van der Waals surface area contributed by atoms with Gasteiger partial charge < -0.3 is 15.0 Å². The number of fused-ring (bicyclic) bond motifs is 1.